The first-order valence-electron chi connectivity index (χ1n) is 6.32. The average molecular weight is 236 g/mol. The number of carbonyl (C=O) groups excluding carboxylic acids is 2. The molecule has 2 aliphatic carbocycles. The lowest BCUT2D eigenvalue weighted by atomic mass is 9.82. The summed E-state index contributed by atoms with van der Waals surface area (Å²) < 4.78 is 0. The Hall–Kier alpha value is -1.32. The predicted octanol–water partition coefficient (Wildman–Crippen LogP) is 0.0909. The Kier molecular flexibility index (Phi) is 3.50. The van der Waals surface area contributed by atoms with Crippen molar-refractivity contribution in [2.45, 2.75) is 26.2 Å². The molecule has 4 heteroatoms. The number of hydrogen-bond donors (Lipinski definition) is 1. The standard InChI is InChI=1S/C13H19NO3/c1-2-3-6-14-12(15)10-8-4-5-9(7-8)11(10)13(16)17/h4-5,8-11H,2-3,6-7H2,1H3,(H,14,15)(H,16,17)/p-1/t8-,9+,10+,11+/m1/s1. The van der Waals surface area contributed by atoms with Gasteiger partial charge in [0.2, 0.25) is 5.91 Å². The van der Waals surface area contributed by atoms with Crippen molar-refractivity contribution in [3.63, 3.8) is 0 Å². The van der Waals surface area contributed by atoms with Crippen LogP contribution in [0, 0.1) is 23.7 Å². The Balaban J connectivity index is 2.01. The van der Waals surface area contributed by atoms with Gasteiger partial charge < -0.3 is 15.2 Å². The molecule has 94 valence electrons. The highest BCUT2D eigenvalue weighted by molar-refractivity contribution is 5.86. The third-order valence-corrected chi connectivity index (χ3v) is 3.86. The lowest BCUT2D eigenvalue weighted by Crippen LogP contribution is -2.45. The molecule has 0 radical (unpaired) electrons. The molecule has 17 heavy (non-hydrogen) atoms. The molecule has 0 saturated heterocycles. The third kappa shape index (κ3) is 2.21. The van der Waals surface area contributed by atoms with Crippen molar-refractivity contribution in [2.24, 2.45) is 23.7 Å². The van der Waals surface area contributed by atoms with Gasteiger partial charge in [-0.15, -0.1) is 0 Å². The van der Waals surface area contributed by atoms with E-state index in [-0.39, 0.29) is 17.7 Å². The highest BCUT2D eigenvalue weighted by Gasteiger charge is 2.48. The number of aliphatic carboxylic acids is 1. The first-order chi connectivity index (χ1) is 8.15. The zero-order valence-electron chi connectivity index (χ0n) is 10.0. The van der Waals surface area contributed by atoms with Crippen LogP contribution in [0.5, 0.6) is 0 Å². The summed E-state index contributed by atoms with van der Waals surface area (Å²) >= 11 is 0. The number of fused-ring (bicyclic) bond motifs is 2. The Morgan fingerprint density at radius 1 is 1.29 bits per heavy atom. The highest BCUT2D eigenvalue weighted by Crippen LogP contribution is 2.47. The molecule has 0 aliphatic heterocycles. The number of amides is 1. The average Bonchev–Trinajstić information content (AvgIpc) is 2.88. The fourth-order valence-corrected chi connectivity index (χ4v) is 3.01. The van der Waals surface area contributed by atoms with E-state index in [1.807, 2.05) is 12.2 Å². The molecule has 2 rings (SSSR count). The zero-order valence-corrected chi connectivity index (χ0v) is 10.0. The number of hydrogen-bond acceptors (Lipinski definition) is 3. The number of nitrogens with one attached hydrogen (secondary N) is 1. The number of allylic oxidation sites excluding steroid dienone is 2. The lowest BCUT2D eigenvalue weighted by Gasteiger charge is -2.27. The molecule has 0 aromatic carbocycles. The number of carboxylic acid groups (broad SMARTS) is 1. The molecule has 0 aromatic heterocycles. The van der Waals surface area contributed by atoms with Crippen LogP contribution < -0.4 is 10.4 Å². The van der Waals surface area contributed by atoms with Gasteiger partial charge >= 0.3 is 0 Å². The molecule has 1 N–H and O–H groups in total. The molecule has 4 atom stereocenters. The van der Waals surface area contributed by atoms with Gasteiger partial charge in [0.15, 0.2) is 0 Å². The maximum atomic E-state index is 12.0. The predicted molar refractivity (Wildman–Crippen MR) is 60.6 cm³/mol. The van der Waals surface area contributed by atoms with Gasteiger partial charge in [-0.05, 0) is 24.7 Å². The van der Waals surface area contributed by atoms with E-state index in [1.165, 1.54) is 0 Å². The summed E-state index contributed by atoms with van der Waals surface area (Å²) in [4.78, 5) is 23.1. The third-order valence-electron chi connectivity index (χ3n) is 3.86. The molecule has 0 heterocycles. The van der Waals surface area contributed by atoms with Crippen molar-refractivity contribution in [2.75, 3.05) is 6.54 Å². The Morgan fingerprint density at radius 2 is 1.94 bits per heavy atom. The molecule has 1 amide bonds. The summed E-state index contributed by atoms with van der Waals surface area (Å²) in [7, 11) is 0. The van der Waals surface area contributed by atoms with E-state index in [1.54, 1.807) is 0 Å². The second-order valence-corrected chi connectivity index (χ2v) is 4.96. The molecule has 0 spiro atoms. The summed E-state index contributed by atoms with van der Waals surface area (Å²) in [6, 6.07) is 0. The van der Waals surface area contributed by atoms with Crippen LogP contribution in [0.3, 0.4) is 0 Å². The number of unbranched alkanes of at least 4 members (excludes halogenated alkanes) is 1. The van der Waals surface area contributed by atoms with E-state index < -0.39 is 17.8 Å². The van der Waals surface area contributed by atoms with E-state index in [4.69, 9.17) is 0 Å². The van der Waals surface area contributed by atoms with E-state index in [0.717, 1.165) is 19.3 Å². The second-order valence-electron chi connectivity index (χ2n) is 4.96. The van der Waals surface area contributed by atoms with Gasteiger partial charge in [-0.3, -0.25) is 4.79 Å². The van der Waals surface area contributed by atoms with E-state index >= 15 is 0 Å². The molecule has 0 aromatic rings. The second kappa shape index (κ2) is 4.90. The summed E-state index contributed by atoms with van der Waals surface area (Å²) in [5.41, 5.74) is 0. The maximum Gasteiger partial charge on any atom is 0.224 e. The van der Waals surface area contributed by atoms with Crippen LogP contribution in [0.1, 0.15) is 26.2 Å². The van der Waals surface area contributed by atoms with Crippen molar-refractivity contribution in [3.05, 3.63) is 12.2 Å². The van der Waals surface area contributed by atoms with Crippen LogP contribution in [0.4, 0.5) is 0 Å². The molecule has 1 fully saturated rings. The van der Waals surface area contributed by atoms with Crippen LogP contribution in [0.15, 0.2) is 12.2 Å². The first kappa shape index (κ1) is 12.1. The Labute approximate surface area is 101 Å². The smallest absolute Gasteiger partial charge is 0.224 e. The summed E-state index contributed by atoms with van der Waals surface area (Å²) in [5, 5.41) is 13.9. The van der Waals surface area contributed by atoms with Gasteiger partial charge in [0.25, 0.3) is 0 Å². The summed E-state index contributed by atoms with van der Waals surface area (Å²) in [6.45, 7) is 2.68. The maximum absolute atomic E-state index is 12.0. The van der Waals surface area contributed by atoms with E-state index in [2.05, 4.69) is 12.2 Å². The van der Waals surface area contributed by atoms with Crippen molar-refractivity contribution in [3.8, 4) is 0 Å². The largest absolute Gasteiger partial charge is 0.550 e. The van der Waals surface area contributed by atoms with Crippen LogP contribution in [0.2, 0.25) is 0 Å². The number of carbonyl (C=O) groups is 2. The molecule has 0 unspecified atom stereocenters. The minimum Gasteiger partial charge on any atom is -0.550 e. The molecule has 2 aliphatic rings. The van der Waals surface area contributed by atoms with Crippen molar-refractivity contribution in [1.29, 1.82) is 0 Å². The van der Waals surface area contributed by atoms with E-state index in [0.29, 0.717) is 6.54 Å². The quantitative estimate of drug-likeness (QED) is 0.543. The molecule has 4 nitrogen and oxygen atoms in total. The van der Waals surface area contributed by atoms with Gasteiger partial charge in [0, 0.05) is 18.4 Å². The summed E-state index contributed by atoms with van der Waals surface area (Å²) in [6.07, 6.45) is 6.62. The molecule has 2 bridgehead atoms. The molecular weight excluding hydrogens is 218 g/mol. The normalized spacial score (nSPS) is 33.9. The van der Waals surface area contributed by atoms with Gasteiger partial charge in [0.1, 0.15) is 0 Å². The van der Waals surface area contributed by atoms with Crippen LogP contribution >= 0.6 is 0 Å². The minimum absolute atomic E-state index is 0.00748. The first-order valence-corrected chi connectivity index (χ1v) is 6.32. The van der Waals surface area contributed by atoms with Crippen LogP contribution in [0.25, 0.3) is 0 Å². The monoisotopic (exact) mass is 236 g/mol. The number of carboxylic acids is 1. The van der Waals surface area contributed by atoms with Crippen molar-refractivity contribution in [1.82, 2.24) is 5.32 Å². The minimum atomic E-state index is -1.09. The Bertz CT molecular complexity index is 351. The van der Waals surface area contributed by atoms with Gasteiger partial charge in [-0.2, -0.15) is 0 Å². The highest BCUT2D eigenvalue weighted by atomic mass is 16.4. The lowest BCUT2D eigenvalue weighted by molar-refractivity contribution is -0.313. The summed E-state index contributed by atoms with van der Waals surface area (Å²) in [5.74, 6) is -2.18. The topological polar surface area (TPSA) is 69.2 Å². The zero-order chi connectivity index (χ0) is 12.4. The van der Waals surface area contributed by atoms with Gasteiger partial charge in [-0.25, -0.2) is 0 Å². The van der Waals surface area contributed by atoms with Crippen molar-refractivity contribution < 1.29 is 14.7 Å². The molecule has 1 saturated carbocycles. The van der Waals surface area contributed by atoms with E-state index in [9.17, 15) is 14.7 Å². The Morgan fingerprint density at radius 3 is 2.53 bits per heavy atom. The van der Waals surface area contributed by atoms with Gasteiger partial charge in [-0.1, -0.05) is 25.5 Å². The fourth-order valence-electron chi connectivity index (χ4n) is 3.01. The number of rotatable bonds is 5. The van der Waals surface area contributed by atoms with Crippen LogP contribution in [-0.2, 0) is 9.59 Å². The fraction of sp³-hybridized carbons (Fsp3) is 0.692. The van der Waals surface area contributed by atoms with Crippen LogP contribution in [-0.4, -0.2) is 18.4 Å². The molecular formula is C13H18NO3-. The van der Waals surface area contributed by atoms with Crippen molar-refractivity contribution >= 4 is 11.9 Å². The SMILES string of the molecule is CCCCNC(=O)[C@@H]1[C@@H](C(=O)[O-])[C@H]2C=C[C@@H]1C2. The van der Waals surface area contributed by atoms with Gasteiger partial charge in [0.05, 0.1) is 5.92 Å².